The van der Waals surface area contributed by atoms with Crippen LogP contribution in [0.1, 0.15) is 18.4 Å². The molecule has 4 heteroatoms. The van der Waals surface area contributed by atoms with Gasteiger partial charge in [-0.15, -0.1) is 0 Å². The molecular weight excluding hydrogens is 258 g/mol. The van der Waals surface area contributed by atoms with Gasteiger partial charge in [0.25, 0.3) is 0 Å². The van der Waals surface area contributed by atoms with Crippen LogP contribution >= 0.6 is 15.9 Å². The molecule has 0 saturated heterocycles. The van der Waals surface area contributed by atoms with Crippen LogP contribution in [0.4, 0.5) is 0 Å². The van der Waals surface area contributed by atoms with Gasteiger partial charge in [0, 0.05) is 5.54 Å². The average molecular weight is 270 g/mol. The lowest BCUT2D eigenvalue weighted by atomic mass is 10.1. The van der Waals surface area contributed by atoms with Crippen molar-refractivity contribution in [2.24, 2.45) is 5.73 Å². The predicted octanol–water partition coefficient (Wildman–Crippen LogP) is 2.17. The number of rotatable bonds is 1. The smallest absolute Gasteiger partial charge is 0.175 e. The highest BCUT2D eigenvalue weighted by atomic mass is 79.9. The zero-order chi connectivity index (χ0) is 10.5. The molecule has 0 aromatic heterocycles. The van der Waals surface area contributed by atoms with E-state index in [1.807, 2.05) is 12.1 Å². The van der Waals surface area contributed by atoms with E-state index < -0.39 is 0 Å². The molecular formula is C11H12BrNO2. The Morgan fingerprint density at radius 2 is 1.93 bits per heavy atom. The van der Waals surface area contributed by atoms with Gasteiger partial charge in [-0.2, -0.15) is 0 Å². The van der Waals surface area contributed by atoms with Crippen LogP contribution in [-0.2, 0) is 5.54 Å². The first-order valence-corrected chi connectivity index (χ1v) is 5.87. The number of halogens is 1. The van der Waals surface area contributed by atoms with Crippen LogP contribution in [0.15, 0.2) is 16.6 Å². The maximum Gasteiger partial charge on any atom is 0.175 e. The Balaban J connectivity index is 2.08. The van der Waals surface area contributed by atoms with Crippen molar-refractivity contribution in [3.8, 4) is 11.5 Å². The van der Waals surface area contributed by atoms with E-state index >= 15 is 0 Å². The molecule has 1 aliphatic carbocycles. The molecule has 1 saturated carbocycles. The van der Waals surface area contributed by atoms with Gasteiger partial charge in [0.15, 0.2) is 11.5 Å². The van der Waals surface area contributed by atoms with E-state index in [-0.39, 0.29) is 5.54 Å². The first kappa shape index (κ1) is 9.48. The maximum atomic E-state index is 6.15. The molecule has 80 valence electrons. The maximum absolute atomic E-state index is 6.15. The number of hydrogen-bond acceptors (Lipinski definition) is 3. The fourth-order valence-corrected chi connectivity index (χ4v) is 2.38. The van der Waals surface area contributed by atoms with E-state index in [9.17, 15) is 0 Å². The Kier molecular flexibility index (Phi) is 1.97. The predicted molar refractivity (Wildman–Crippen MR) is 60.2 cm³/mol. The molecule has 0 spiro atoms. The topological polar surface area (TPSA) is 44.5 Å². The summed E-state index contributed by atoms with van der Waals surface area (Å²) in [6.45, 7) is 1.22. The highest BCUT2D eigenvalue weighted by Gasteiger charge is 2.41. The third kappa shape index (κ3) is 1.52. The summed E-state index contributed by atoms with van der Waals surface area (Å²) in [6, 6.07) is 4.05. The molecule has 1 aromatic carbocycles. The minimum Gasteiger partial charge on any atom is -0.486 e. The number of nitrogens with two attached hydrogens (primary N) is 1. The molecule has 1 aromatic rings. The first-order valence-electron chi connectivity index (χ1n) is 5.08. The third-order valence-electron chi connectivity index (χ3n) is 2.96. The SMILES string of the molecule is NC1(c2cc(Br)c3c(c2)OCCO3)CC1. The number of ether oxygens (including phenoxy) is 2. The lowest BCUT2D eigenvalue weighted by Crippen LogP contribution is -2.21. The van der Waals surface area contributed by atoms with E-state index in [1.165, 1.54) is 0 Å². The molecule has 1 heterocycles. The van der Waals surface area contributed by atoms with Gasteiger partial charge in [-0.05, 0) is 46.5 Å². The van der Waals surface area contributed by atoms with Crippen LogP contribution in [0.5, 0.6) is 11.5 Å². The standard InChI is InChI=1S/C11H12BrNO2/c12-8-5-7(11(13)1-2-11)6-9-10(8)15-4-3-14-9/h5-6H,1-4,13H2. The van der Waals surface area contributed by atoms with Gasteiger partial charge in [-0.1, -0.05) is 0 Å². The van der Waals surface area contributed by atoms with Crippen molar-refractivity contribution in [2.75, 3.05) is 13.2 Å². The minimum atomic E-state index is -0.127. The fraction of sp³-hybridized carbons (Fsp3) is 0.455. The van der Waals surface area contributed by atoms with E-state index in [0.29, 0.717) is 13.2 Å². The summed E-state index contributed by atoms with van der Waals surface area (Å²) in [5.74, 6) is 1.61. The fourth-order valence-electron chi connectivity index (χ4n) is 1.82. The Hall–Kier alpha value is -0.740. The largest absolute Gasteiger partial charge is 0.486 e. The molecule has 0 atom stereocenters. The van der Waals surface area contributed by atoms with Gasteiger partial charge in [0.2, 0.25) is 0 Å². The van der Waals surface area contributed by atoms with Crippen LogP contribution in [0.25, 0.3) is 0 Å². The van der Waals surface area contributed by atoms with Crippen LogP contribution in [0.2, 0.25) is 0 Å². The molecule has 0 amide bonds. The van der Waals surface area contributed by atoms with Crippen molar-refractivity contribution in [3.63, 3.8) is 0 Å². The summed E-state index contributed by atoms with van der Waals surface area (Å²) >= 11 is 3.49. The monoisotopic (exact) mass is 269 g/mol. The third-order valence-corrected chi connectivity index (χ3v) is 3.55. The summed E-state index contributed by atoms with van der Waals surface area (Å²) in [6.07, 6.45) is 2.11. The molecule has 0 unspecified atom stereocenters. The summed E-state index contributed by atoms with van der Waals surface area (Å²) in [7, 11) is 0. The van der Waals surface area contributed by atoms with Gasteiger partial charge < -0.3 is 15.2 Å². The summed E-state index contributed by atoms with van der Waals surface area (Å²) in [5, 5.41) is 0. The van der Waals surface area contributed by atoms with Crippen LogP contribution in [0.3, 0.4) is 0 Å². The number of fused-ring (bicyclic) bond motifs is 1. The van der Waals surface area contributed by atoms with E-state index in [2.05, 4.69) is 15.9 Å². The quantitative estimate of drug-likeness (QED) is 0.850. The molecule has 3 nitrogen and oxygen atoms in total. The van der Waals surface area contributed by atoms with Gasteiger partial charge in [0.1, 0.15) is 13.2 Å². The van der Waals surface area contributed by atoms with E-state index in [4.69, 9.17) is 15.2 Å². The average Bonchev–Trinajstić information content (AvgIpc) is 2.98. The summed E-state index contributed by atoms with van der Waals surface area (Å²) in [4.78, 5) is 0. The van der Waals surface area contributed by atoms with Crippen molar-refractivity contribution in [1.29, 1.82) is 0 Å². The highest BCUT2D eigenvalue weighted by molar-refractivity contribution is 9.10. The summed E-state index contributed by atoms with van der Waals surface area (Å²) < 4.78 is 12.0. The Labute approximate surface area is 96.7 Å². The van der Waals surface area contributed by atoms with Crippen molar-refractivity contribution < 1.29 is 9.47 Å². The molecule has 15 heavy (non-hydrogen) atoms. The second kappa shape index (κ2) is 3.12. The lowest BCUT2D eigenvalue weighted by molar-refractivity contribution is 0.170. The second-order valence-corrected chi connectivity index (χ2v) is 4.99. The molecule has 2 N–H and O–H groups in total. The lowest BCUT2D eigenvalue weighted by Gasteiger charge is -2.21. The number of hydrogen-bond donors (Lipinski definition) is 1. The molecule has 3 rings (SSSR count). The second-order valence-electron chi connectivity index (χ2n) is 4.14. The highest BCUT2D eigenvalue weighted by Crippen LogP contribution is 2.48. The zero-order valence-electron chi connectivity index (χ0n) is 8.25. The van der Waals surface area contributed by atoms with Crippen LogP contribution in [-0.4, -0.2) is 13.2 Å². The van der Waals surface area contributed by atoms with Crippen molar-refractivity contribution in [3.05, 3.63) is 22.2 Å². The minimum absolute atomic E-state index is 0.127. The van der Waals surface area contributed by atoms with Crippen LogP contribution < -0.4 is 15.2 Å². The Morgan fingerprint density at radius 1 is 1.20 bits per heavy atom. The van der Waals surface area contributed by atoms with Crippen molar-refractivity contribution in [2.45, 2.75) is 18.4 Å². The van der Waals surface area contributed by atoms with Gasteiger partial charge >= 0.3 is 0 Å². The first-order chi connectivity index (χ1) is 7.19. The van der Waals surface area contributed by atoms with Crippen molar-refractivity contribution in [1.82, 2.24) is 0 Å². The van der Waals surface area contributed by atoms with Gasteiger partial charge in [-0.3, -0.25) is 0 Å². The summed E-state index contributed by atoms with van der Waals surface area (Å²) in [5.41, 5.74) is 7.16. The normalized spacial score (nSPS) is 21.2. The van der Waals surface area contributed by atoms with Crippen LogP contribution in [0, 0.1) is 0 Å². The zero-order valence-corrected chi connectivity index (χ0v) is 9.84. The molecule has 1 fully saturated rings. The molecule has 0 bridgehead atoms. The molecule has 1 aliphatic heterocycles. The van der Waals surface area contributed by atoms with E-state index in [1.54, 1.807) is 0 Å². The molecule has 2 aliphatic rings. The van der Waals surface area contributed by atoms with Gasteiger partial charge in [-0.25, -0.2) is 0 Å². The van der Waals surface area contributed by atoms with Crippen molar-refractivity contribution >= 4 is 15.9 Å². The van der Waals surface area contributed by atoms with Gasteiger partial charge in [0.05, 0.1) is 4.47 Å². The number of benzene rings is 1. The molecule has 0 radical (unpaired) electrons. The Bertz CT molecular complexity index is 415. The van der Waals surface area contributed by atoms with E-state index in [0.717, 1.165) is 34.4 Å². The Morgan fingerprint density at radius 3 is 2.67 bits per heavy atom.